The Kier molecular flexibility index (Phi) is 16.6. The molecule has 3 aliphatic heterocycles. The Labute approximate surface area is 272 Å². The first-order valence-electron chi connectivity index (χ1n) is 17.9. The summed E-state index contributed by atoms with van der Waals surface area (Å²) in [5, 5.41) is 0. The number of ether oxygens (including phenoxy) is 7. The third-order valence-corrected chi connectivity index (χ3v) is 9.37. The SMILES string of the molecule is COC(=O)CCCC=CC[C@@H]1[C@@H](C=C[C@H](CCC=C(C)C)OC2CCCCO2)[C@H](OC2CCCCO2)C[C@@H]1OC1CCCCO1. The fraction of sp³-hybridized carbons (Fsp3) is 0.811. The molecule has 1 aliphatic carbocycles. The second kappa shape index (κ2) is 20.6. The molecule has 4 aliphatic rings. The smallest absolute Gasteiger partial charge is 0.305 e. The van der Waals surface area contributed by atoms with Crippen LogP contribution >= 0.6 is 0 Å². The van der Waals surface area contributed by atoms with Crippen molar-refractivity contribution in [3.63, 3.8) is 0 Å². The van der Waals surface area contributed by atoms with Crippen LogP contribution in [0.5, 0.6) is 0 Å². The highest BCUT2D eigenvalue weighted by molar-refractivity contribution is 5.69. The van der Waals surface area contributed by atoms with Crippen LogP contribution < -0.4 is 0 Å². The average molecular weight is 633 g/mol. The van der Waals surface area contributed by atoms with Crippen molar-refractivity contribution < 1.29 is 38.0 Å². The molecule has 8 atom stereocenters. The quantitative estimate of drug-likeness (QED) is 0.0908. The molecule has 256 valence electrons. The van der Waals surface area contributed by atoms with Gasteiger partial charge in [0.15, 0.2) is 18.9 Å². The van der Waals surface area contributed by atoms with Crippen LogP contribution in [0.4, 0.5) is 0 Å². The molecular weight excluding hydrogens is 572 g/mol. The molecule has 1 saturated carbocycles. The maximum atomic E-state index is 11.6. The van der Waals surface area contributed by atoms with E-state index >= 15 is 0 Å². The van der Waals surface area contributed by atoms with Crippen molar-refractivity contribution in [3.8, 4) is 0 Å². The van der Waals surface area contributed by atoms with Gasteiger partial charge in [-0.2, -0.15) is 0 Å². The summed E-state index contributed by atoms with van der Waals surface area (Å²) in [7, 11) is 1.44. The van der Waals surface area contributed by atoms with Crippen molar-refractivity contribution in [2.45, 2.75) is 154 Å². The van der Waals surface area contributed by atoms with E-state index in [0.29, 0.717) is 6.42 Å². The molecule has 0 spiro atoms. The van der Waals surface area contributed by atoms with Gasteiger partial charge >= 0.3 is 5.97 Å². The molecule has 0 aromatic carbocycles. The van der Waals surface area contributed by atoms with Gasteiger partial charge < -0.3 is 33.2 Å². The monoisotopic (exact) mass is 632 g/mol. The Morgan fingerprint density at radius 2 is 1.47 bits per heavy atom. The van der Waals surface area contributed by atoms with Crippen molar-refractivity contribution in [2.75, 3.05) is 26.9 Å². The zero-order valence-electron chi connectivity index (χ0n) is 28.2. The minimum Gasteiger partial charge on any atom is -0.469 e. The third-order valence-electron chi connectivity index (χ3n) is 9.37. The molecular formula is C37H60O8. The first-order valence-corrected chi connectivity index (χ1v) is 17.9. The Morgan fingerprint density at radius 1 is 0.822 bits per heavy atom. The van der Waals surface area contributed by atoms with Gasteiger partial charge in [-0.25, -0.2) is 0 Å². The standard InChI is InChI=1S/C37H60O8/c1-28(2)15-14-16-29(43-35-19-8-11-24-40-35)22-23-31-30(17-6-4-5-7-18-34(38)39-3)32(44-36-20-9-12-25-41-36)27-33(31)45-37-21-10-13-26-42-37/h4,6,15,22-23,29-33,35-37H,5,7-14,16-21,24-27H2,1-3H3/t29-,30+,31+,32-,33+,35?,36?,37?/m0/s1. The Balaban J connectivity index is 1.52. The number of carbonyl (C=O) groups is 1. The van der Waals surface area contributed by atoms with E-state index in [1.807, 2.05) is 0 Å². The second-order valence-electron chi connectivity index (χ2n) is 13.3. The molecule has 3 heterocycles. The average Bonchev–Trinajstić information content (AvgIpc) is 3.37. The minimum atomic E-state index is -0.167. The molecule has 8 heteroatoms. The van der Waals surface area contributed by atoms with Crippen LogP contribution in [0.15, 0.2) is 36.0 Å². The van der Waals surface area contributed by atoms with Crippen molar-refractivity contribution in [3.05, 3.63) is 36.0 Å². The van der Waals surface area contributed by atoms with E-state index in [4.69, 9.17) is 33.2 Å². The third kappa shape index (κ3) is 13.2. The van der Waals surface area contributed by atoms with Gasteiger partial charge in [-0.15, -0.1) is 0 Å². The van der Waals surface area contributed by atoms with Crippen LogP contribution in [0.25, 0.3) is 0 Å². The van der Waals surface area contributed by atoms with Crippen LogP contribution in [0.2, 0.25) is 0 Å². The number of allylic oxidation sites excluding steroid dienone is 4. The summed E-state index contributed by atoms with van der Waals surface area (Å²) in [5.74, 6) is 0.211. The van der Waals surface area contributed by atoms with Gasteiger partial charge in [0.1, 0.15) is 0 Å². The summed E-state index contributed by atoms with van der Waals surface area (Å²) in [4.78, 5) is 11.6. The van der Waals surface area contributed by atoms with Crippen LogP contribution in [0, 0.1) is 11.8 Å². The lowest BCUT2D eigenvalue weighted by Crippen LogP contribution is -2.31. The topological polar surface area (TPSA) is 81.7 Å². The maximum Gasteiger partial charge on any atom is 0.305 e. The number of methoxy groups -OCH3 is 1. The normalized spacial score (nSPS) is 31.8. The van der Waals surface area contributed by atoms with E-state index < -0.39 is 0 Å². The molecule has 3 saturated heterocycles. The van der Waals surface area contributed by atoms with Crippen LogP contribution in [0.1, 0.15) is 117 Å². The van der Waals surface area contributed by atoms with Crippen LogP contribution in [-0.2, 0) is 38.0 Å². The molecule has 0 aromatic rings. The van der Waals surface area contributed by atoms with E-state index in [0.717, 1.165) is 116 Å². The van der Waals surface area contributed by atoms with Gasteiger partial charge in [-0.1, -0.05) is 36.0 Å². The van der Waals surface area contributed by atoms with Gasteiger partial charge in [0.25, 0.3) is 0 Å². The van der Waals surface area contributed by atoms with Crippen molar-refractivity contribution in [1.82, 2.24) is 0 Å². The minimum absolute atomic E-state index is 0.0139. The van der Waals surface area contributed by atoms with Crippen molar-refractivity contribution >= 4 is 5.97 Å². The zero-order valence-corrected chi connectivity index (χ0v) is 28.2. The number of unbranched alkanes of at least 4 members (excludes halogenated alkanes) is 1. The van der Waals surface area contributed by atoms with Gasteiger partial charge in [0.05, 0.1) is 25.4 Å². The van der Waals surface area contributed by atoms with Gasteiger partial charge in [-0.05, 0) is 110 Å². The number of hydrogen-bond donors (Lipinski definition) is 0. The molecule has 8 nitrogen and oxygen atoms in total. The highest BCUT2D eigenvalue weighted by Gasteiger charge is 2.45. The van der Waals surface area contributed by atoms with Crippen molar-refractivity contribution in [1.29, 1.82) is 0 Å². The number of esters is 1. The predicted octanol–water partition coefficient (Wildman–Crippen LogP) is 7.95. The highest BCUT2D eigenvalue weighted by atomic mass is 16.7. The number of rotatable bonds is 17. The van der Waals surface area contributed by atoms with E-state index in [-0.39, 0.29) is 55.0 Å². The summed E-state index contributed by atoms with van der Waals surface area (Å²) in [6.07, 6.45) is 26.0. The molecule has 0 N–H and O–H groups in total. The molecule has 4 fully saturated rings. The van der Waals surface area contributed by atoms with Crippen molar-refractivity contribution in [2.24, 2.45) is 11.8 Å². The van der Waals surface area contributed by atoms with Crippen LogP contribution in [-0.4, -0.2) is 70.1 Å². The summed E-state index contributed by atoms with van der Waals surface area (Å²) < 4.78 is 42.9. The maximum absolute atomic E-state index is 11.6. The molecule has 4 rings (SSSR count). The zero-order chi connectivity index (χ0) is 31.7. The second-order valence-corrected chi connectivity index (χ2v) is 13.3. The fourth-order valence-corrected chi connectivity index (χ4v) is 6.84. The largest absolute Gasteiger partial charge is 0.469 e. The highest BCUT2D eigenvalue weighted by Crippen LogP contribution is 2.42. The molecule has 45 heavy (non-hydrogen) atoms. The van der Waals surface area contributed by atoms with E-state index in [1.54, 1.807) is 0 Å². The molecule has 0 radical (unpaired) electrons. The van der Waals surface area contributed by atoms with Crippen LogP contribution in [0.3, 0.4) is 0 Å². The first-order chi connectivity index (χ1) is 22.0. The van der Waals surface area contributed by atoms with Gasteiger partial charge in [0, 0.05) is 38.6 Å². The number of carbonyl (C=O) groups excluding carboxylic acids is 1. The first kappa shape index (κ1) is 36.3. The van der Waals surface area contributed by atoms with Gasteiger partial charge in [-0.3, -0.25) is 4.79 Å². The molecule has 0 bridgehead atoms. The lowest BCUT2D eigenvalue weighted by molar-refractivity contribution is -0.203. The summed E-state index contributed by atoms with van der Waals surface area (Å²) in [6, 6.07) is 0. The summed E-state index contributed by atoms with van der Waals surface area (Å²) in [6.45, 7) is 6.58. The van der Waals surface area contributed by atoms with E-state index in [2.05, 4.69) is 44.2 Å². The Morgan fingerprint density at radius 3 is 2.07 bits per heavy atom. The lowest BCUT2D eigenvalue weighted by atomic mass is 9.89. The fourth-order valence-electron chi connectivity index (χ4n) is 6.84. The molecule has 3 unspecified atom stereocenters. The Bertz CT molecular complexity index is 909. The summed E-state index contributed by atoms with van der Waals surface area (Å²) >= 11 is 0. The van der Waals surface area contributed by atoms with E-state index in [1.165, 1.54) is 12.7 Å². The Hall–Kier alpha value is -1.55. The molecule has 0 amide bonds. The molecule has 0 aromatic heterocycles. The summed E-state index contributed by atoms with van der Waals surface area (Å²) in [5.41, 5.74) is 1.33. The van der Waals surface area contributed by atoms with E-state index in [9.17, 15) is 4.79 Å². The predicted molar refractivity (Wildman–Crippen MR) is 174 cm³/mol. The lowest BCUT2D eigenvalue weighted by Gasteiger charge is -2.30. The number of hydrogen-bond acceptors (Lipinski definition) is 8. The van der Waals surface area contributed by atoms with Gasteiger partial charge in [0.2, 0.25) is 0 Å².